The molecule has 0 fully saturated rings. The van der Waals surface area contributed by atoms with Crippen molar-refractivity contribution in [2.45, 2.75) is 228 Å². The Bertz CT molecular complexity index is 3340. The fourth-order valence-corrected chi connectivity index (χ4v) is 10.7. The smallest absolute Gasteiger partial charge is 0.167 e. The third-order valence-corrected chi connectivity index (χ3v) is 16.5. The molecule has 0 spiro atoms. The zero-order valence-electron chi connectivity index (χ0n) is 56.0. The number of aryl methyl sites for hydroxylation is 2. The number of ether oxygens (including phenoxy) is 1. The SMILES string of the molecule is CCCCCCCCOc1cc(O)c(-c2nc(-c3ccc(C(C)(C)C)cc3)nc(-c3ccc(C(C)(C)C)cc3)n2)cc1CCCCCC.CCCCCCc1cc(-c2nc(-c3ccc(C(C)(C)C)cc3)nc(-c3ccc(C(C)(C)C)cc3)n2)c(O)cc1O. The molecule has 468 valence electrons. The third-order valence-electron chi connectivity index (χ3n) is 16.5. The molecule has 0 aliphatic rings. The van der Waals surface area contributed by atoms with Crippen LogP contribution in [0.5, 0.6) is 23.0 Å². The van der Waals surface area contributed by atoms with Crippen LogP contribution in [0.15, 0.2) is 121 Å². The molecule has 0 aliphatic carbocycles. The van der Waals surface area contributed by atoms with Crippen LogP contribution in [0.25, 0.3) is 68.3 Å². The zero-order valence-corrected chi connectivity index (χ0v) is 56.0. The molecular formula is C78H102N6O4. The van der Waals surface area contributed by atoms with Crippen LogP contribution in [0.1, 0.15) is 227 Å². The molecule has 8 aromatic rings. The second-order valence-electron chi connectivity index (χ2n) is 28.1. The molecule has 6 aromatic carbocycles. The van der Waals surface area contributed by atoms with E-state index in [1.165, 1.54) is 79.7 Å². The Labute approximate surface area is 528 Å². The normalized spacial score (nSPS) is 12.0. The maximum Gasteiger partial charge on any atom is 0.167 e. The quantitative estimate of drug-likeness (QED) is 0.0500. The minimum Gasteiger partial charge on any atom is -0.508 e. The standard InChI is InChI=1S/C43H59N3O2.C35H43N3O2/c1-9-11-13-15-16-18-28-48-38-30-37(47)36(29-33(38)19-17-14-12-10-2)41-45-39(31-20-24-34(25-21-31)42(3,4)5)44-40(46-41)32-22-26-35(27-23-32)43(6,7)8;1-8-9-10-11-12-25-21-28(30(40)22-29(25)39)33-37-31(23-13-17-26(18-14-23)34(2,3)4)36-32(38-33)24-15-19-27(20-16-24)35(5,6)7/h20-27,29-30,47H,9-19,28H2,1-8H3;13-22,39-40H,8-12H2,1-7H3. The van der Waals surface area contributed by atoms with Crippen LogP contribution >= 0.6 is 0 Å². The Hall–Kier alpha value is -7.46. The Balaban J connectivity index is 0.000000255. The Morgan fingerprint density at radius 1 is 0.307 bits per heavy atom. The summed E-state index contributed by atoms with van der Waals surface area (Å²) >= 11 is 0. The summed E-state index contributed by atoms with van der Waals surface area (Å²) in [4.78, 5) is 29.4. The van der Waals surface area contributed by atoms with Crippen LogP contribution in [0.4, 0.5) is 0 Å². The highest BCUT2D eigenvalue weighted by Gasteiger charge is 2.23. The fourth-order valence-electron chi connectivity index (χ4n) is 10.7. The highest BCUT2D eigenvalue weighted by molar-refractivity contribution is 5.74. The number of aromatic nitrogens is 6. The van der Waals surface area contributed by atoms with Gasteiger partial charge in [-0.3, -0.25) is 0 Å². The lowest BCUT2D eigenvalue weighted by molar-refractivity contribution is 0.299. The van der Waals surface area contributed by atoms with E-state index in [2.05, 4.69) is 177 Å². The lowest BCUT2D eigenvalue weighted by Gasteiger charge is -2.19. The van der Waals surface area contributed by atoms with Crippen LogP contribution in [0.2, 0.25) is 0 Å². The second kappa shape index (κ2) is 30.6. The summed E-state index contributed by atoms with van der Waals surface area (Å²) in [5.74, 6) is 4.04. The van der Waals surface area contributed by atoms with Gasteiger partial charge in [0.2, 0.25) is 0 Å². The molecule has 0 unspecified atom stereocenters. The van der Waals surface area contributed by atoms with Gasteiger partial charge in [-0.25, -0.2) is 29.9 Å². The van der Waals surface area contributed by atoms with Gasteiger partial charge in [-0.2, -0.15) is 0 Å². The number of hydrogen-bond acceptors (Lipinski definition) is 10. The predicted molar refractivity (Wildman–Crippen MR) is 367 cm³/mol. The van der Waals surface area contributed by atoms with E-state index < -0.39 is 0 Å². The van der Waals surface area contributed by atoms with Crippen LogP contribution < -0.4 is 4.74 Å². The maximum absolute atomic E-state index is 11.5. The van der Waals surface area contributed by atoms with Crippen molar-refractivity contribution in [1.29, 1.82) is 0 Å². The van der Waals surface area contributed by atoms with E-state index in [4.69, 9.17) is 34.6 Å². The average molecular weight is 1190 g/mol. The van der Waals surface area contributed by atoms with Gasteiger partial charge in [0.15, 0.2) is 34.9 Å². The van der Waals surface area contributed by atoms with Gasteiger partial charge in [-0.1, -0.05) is 272 Å². The first-order valence-corrected chi connectivity index (χ1v) is 32.8. The minimum atomic E-state index is -0.0518. The van der Waals surface area contributed by atoms with Gasteiger partial charge in [-0.15, -0.1) is 0 Å². The first kappa shape index (κ1) is 68.0. The lowest BCUT2D eigenvalue weighted by atomic mass is 9.86. The van der Waals surface area contributed by atoms with E-state index in [9.17, 15) is 15.3 Å². The summed E-state index contributed by atoms with van der Waals surface area (Å²) < 4.78 is 6.32. The van der Waals surface area contributed by atoms with E-state index in [1.54, 1.807) is 6.07 Å². The van der Waals surface area contributed by atoms with Gasteiger partial charge in [0.05, 0.1) is 17.7 Å². The zero-order chi connectivity index (χ0) is 63.8. The van der Waals surface area contributed by atoms with Crippen molar-refractivity contribution in [2.75, 3.05) is 6.61 Å². The highest BCUT2D eigenvalue weighted by atomic mass is 16.5. The van der Waals surface area contributed by atoms with Crippen molar-refractivity contribution < 1.29 is 20.1 Å². The van der Waals surface area contributed by atoms with Crippen molar-refractivity contribution in [1.82, 2.24) is 29.9 Å². The number of hydrogen-bond donors (Lipinski definition) is 3. The Kier molecular flexibility index (Phi) is 23.7. The first-order valence-electron chi connectivity index (χ1n) is 32.8. The van der Waals surface area contributed by atoms with Crippen molar-refractivity contribution >= 4 is 0 Å². The lowest BCUT2D eigenvalue weighted by Crippen LogP contribution is -2.11. The molecule has 0 bridgehead atoms. The number of benzene rings is 6. The molecule has 10 nitrogen and oxygen atoms in total. The predicted octanol–water partition coefficient (Wildman–Crippen LogP) is 21.0. The van der Waals surface area contributed by atoms with Gasteiger partial charge < -0.3 is 20.1 Å². The molecule has 0 atom stereocenters. The molecular weight excluding hydrogens is 1080 g/mol. The molecule has 0 aliphatic heterocycles. The molecule has 3 N–H and O–H groups in total. The molecule has 0 radical (unpaired) electrons. The van der Waals surface area contributed by atoms with Crippen LogP contribution in [0, 0.1) is 0 Å². The van der Waals surface area contributed by atoms with E-state index in [-0.39, 0.29) is 38.9 Å². The van der Waals surface area contributed by atoms with E-state index in [1.807, 2.05) is 36.4 Å². The summed E-state index contributed by atoms with van der Waals surface area (Å²) in [7, 11) is 0. The summed E-state index contributed by atoms with van der Waals surface area (Å²) in [5.41, 5.74) is 11.7. The topological polar surface area (TPSA) is 147 Å². The fraction of sp³-hybridized carbons (Fsp3) is 0.462. The number of nitrogens with zero attached hydrogens (tertiary/aromatic N) is 6. The largest absolute Gasteiger partial charge is 0.508 e. The molecule has 2 heterocycles. The van der Waals surface area contributed by atoms with Crippen molar-refractivity contribution in [3.63, 3.8) is 0 Å². The molecule has 88 heavy (non-hydrogen) atoms. The van der Waals surface area contributed by atoms with Crippen molar-refractivity contribution in [3.8, 4) is 91.3 Å². The molecule has 0 saturated heterocycles. The number of rotatable bonds is 24. The van der Waals surface area contributed by atoms with Crippen LogP contribution in [0.3, 0.4) is 0 Å². The summed E-state index contributed by atoms with van der Waals surface area (Å²) in [5, 5.41) is 32.9. The maximum atomic E-state index is 11.5. The Morgan fingerprint density at radius 3 is 0.932 bits per heavy atom. The van der Waals surface area contributed by atoms with Crippen LogP contribution in [-0.4, -0.2) is 51.8 Å². The number of phenolic OH excluding ortho intramolecular Hbond substituents is 3. The summed E-state index contributed by atoms with van der Waals surface area (Å²) in [6.45, 7) is 33.7. The third kappa shape index (κ3) is 19.0. The minimum absolute atomic E-state index is 0.0358. The van der Waals surface area contributed by atoms with Crippen molar-refractivity contribution in [2.24, 2.45) is 0 Å². The number of unbranched alkanes of at least 4 members (excludes halogenated alkanes) is 11. The molecule has 0 amide bonds. The Morgan fingerprint density at radius 2 is 0.591 bits per heavy atom. The molecule has 10 heteroatoms. The summed E-state index contributed by atoms with van der Waals surface area (Å²) in [6, 6.07) is 40.6. The molecule has 2 aromatic heterocycles. The number of phenols is 3. The summed E-state index contributed by atoms with van der Waals surface area (Å²) in [6.07, 6.45) is 17.9. The van der Waals surface area contributed by atoms with E-state index in [0.29, 0.717) is 52.7 Å². The van der Waals surface area contributed by atoms with Gasteiger partial charge >= 0.3 is 0 Å². The van der Waals surface area contributed by atoms with E-state index >= 15 is 0 Å². The van der Waals surface area contributed by atoms with Gasteiger partial charge in [0.1, 0.15) is 23.0 Å². The molecule has 0 saturated carbocycles. The van der Waals surface area contributed by atoms with E-state index in [0.717, 1.165) is 90.5 Å². The second-order valence-corrected chi connectivity index (χ2v) is 28.1. The number of aromatic hydroxyl groups is 3. The van der Waals surface area contributed by atoms with Gasteiger partial charge in [-0.05, 0) is 99.3 Å². The van der Waals surface area contributed by atoms with Gasteiger partial charge in [0.25, 0.3) is 0 Å². The highest BCUT2D eigenvalue weighted by Crippen LogP contribution is 2.39. The molecule has 8 rings (SSSR count). The van der Waals surface area contributed by atoms with Crippen molar-refractivity contribution in [3.05, 3.63) is 155 Å². The first-order chi connectivity index (χ1) is 41.8. The van der Waals surface area contributed by atoms with Crippen LogP contribution in [-0.2, 0) is 34.5 Å². The monoisotopic (exact) mass is 1190 g/mol. The average Bonchev–Trinajstić information content (AvgIpc) is 1.28. The van der Waals surface area contributed by atoms with Gasteiger partial charge in [0, 0.05) is 34.4 Å².